The lowest BCUT2D eigenvalue weighted by atomic mass is 9.79. The van der Waals surface area contributed by atoms with Crippen molar-refractivity contribution < 1.29 is 28.8 Å². The Morgan fingerprint density at radius 2 is 1.69 bits per heavy atom. The lowest BCUT2D eigenvalue weighted by Gasteiger charge is -2.26. The highest BCUT2D eigenvalue weighted by molar-refractivity contribution is 6.58. The quantitative estimate of drug-likeness (QED) is 0.133. The molecule has 0 bridgehead atoms. The first-order valence-electron chi connectivity index (χ1n) is 13.8. The zero-order chi connectivity index (χ0) is 28.8. The number of hydrogen-bond acceptors (Lipinski definition) is 8. The minimum Gasteiger partial charge on any atom is -0.423 e. The van der Waals surface area contributed by atoms with Crippen LogP contribution in [0.15, 0.2) is 18.2 Å². The Morgan fingerprint density at radius 1 is 1.03 bits per heavy atom. The molecule has 11 nitrogen and oxygen atoms in total. The van der Waals surface area contributed by atoms with Gasteiger partial charge in [-0.05, 0) is 48.3 Å². The maximum atomic E-state index is 13.3. The van der Waals surface area contributed by atoms with Crippen LogP contribution in [0, 0.1) is 5.92 Å². The molecule has 0 saturated heterocycles. The van der Waals surface area contributed by atoms with Gasteiger partial charge in [-0.3, -0.25) is 14.4 Å². The molecule has 10 N–H and O–H groups in total. The van der Waals surface area contributed by atoms with Crippen molar-refractivity contribution in [1.29, 1.82) is 0 Å². The molecule has 1 aliphatic rings. The van der Waals surface area contributed by atoms with Crippen LogP contribution in [0.25, 0.3) is 0 Å². The van der Waals surface area contributed by atoms with E-state index in [0.29, 0.717) is 38.5 Å². The van der Waals surface area contributed by atoms with Crippen molar-refractivity contribution in [2.24, 2.45) is 23.1 Å². The largest absolute Gasteiger partial charge is 0.488 e. The molecular weight excluding hydrogens is 506 g/mol. The van der Waals surface area contributed by atoms with E-state index in [0.717, 1.165) is 32.1 Å². The van der Waals surface area contributed by atoms with Crippen LogP contribution in [0.1, 0.15) is 63.4 Å². The van der Waals surface area contributed by atoms with E-state index < -0.39 is 37.7 Å². The summed E-state index contributed by atoms with van der Waals surface area (Å²) in [5.41, 5.74) is 17.6. The molecule has 1 aliphatic carbocycles. The third-order valence-corrected chi connectivity index (χ3v) is 7.11. The van der Waals surface area contributed by atoms with Gasteiger partial charge in [0.2, 0.25) is 17.7 Å². The van der Waals surface area contributed by atoms with Crippen molar-refractivity contribution in [2.45, 2.75) is 76.5 Å². The third kappa shape index (κ3) is 11.2. The summed E-state index contributed by atoms with van der Waals surface area (Å²) in [7, 11) is -1.83. The highest BCUT2D eigenvalue weighted by Gasteiger charge is 2.27. The first-order valence-corrected chi connectivity index (χ1v) is 13.8. The van der Waals surface area contributed by atoms with E-state index in [1.54, 1.807) is 0 Å². The van der Waals surface area contributed by atoms with Gasteiger partial charge in [-0.1, -0.05) is 38.2 Å². The summed E-state index contributed by atoms with van der Waals surface area (Å²) in [4.78, 5) is 40.2. The van der Waals surface area contributed by atoms with Crippen molar-refractivity contribution >= 4 is 36.0 Å². The van der Waals surface area contributed by atoms with Crippen molar-refractivity contribution in [3.8, 4) is 0 Å². The Bertz CT molecular complexity index is 928. The van der Waals surface area contributed by atoms with Crippen LogP contribution < -0.4 is 33.3 Å². The van der Waals surface area contributed by atoms with E-state index >= 15 is 0 Å². The molecular formula is C26H44BFN6O5. The molecule has 1 fully saturated rings. The maximum absolute atomic E-state index is 13.3. The summed E-state index contributed by atoms with van der Waals surface area (Å²) >= 11 is 0. The van der Waals surface area contributed by atoms with Crippen LogP contribution in [-0.2, 0) is 21.1 Å². The van der Waals surface area contributed by atoms with Gasteiger partial charge in [0.15, 0.2) is 0 Å². The van der Waals surface area contributed by atoms with Crippen LogP contribution in [-0.4, -0.2) is 78.1 Å². The second-order valence-electron chi connectivity index (χ2n) is 10.2. The maximum Gasteiger partial charge on any atom is 0.488 e. The molecule has 0 radical (unpaired) electrons. The number of benzene rings is 1. The number of alkyl halides is 1. The first-order chi connectivity index (χ1) is 18.7. The molecule has 0 heterocycles. The van der Waals surface area contributed by atoms with Gasteiger partial charge in [-0.25, -0.2) is 4.39 Å². The Kier molecular flexibility index (Phi) is 14.4. The van der Waals surface area contributed by atoms with Gasteiger partial charge in [-0.15, -0.1) is 0 Å². The predicted octanol–water partition coefficient (Wildman–Crippen LogP) is -0.527. The molecule has 1 aromatic rings. The molecule has 1 aromatic carbocycles. The molecule has 0 unspecified atom stereocenters. The molecule has 2 rings (SSSR count). The van der Waals surface area contributed by atoms with Crippen molar-refractivity contribution in [2.75, 3.05) is 31.5 Å². The standard InChI is InChI=1S/C26H44BFN6O5/c28-17-19-14-20(27(38)39)16-21(15-19)32-26(37)23(8-6-18-4-2-1-3-5-18)33-25(36)22(31)7-9-24(35)34(12-10-29)13-11-30/h14-16,18,22-23,38-39H,1-13,17,29-31H2,(H,32,37)(H,33,36)/t22-,23+/m0/s1. The predicted molar refractivity (Wildman–Crippen MR) is 149 cm³/mol. The number of rotatable bonds is 16. The molecule has 1 saturated carbocycles. The number of hydrogen-bond donors (Lipinski definition) is 7. The van der Waals surface area contributed by atoms with Crippen molar-refractivity contribution in [1.82, 2.24) is 10.2 Å². The van der Waals surface area contributed by atoms with Gasteiger partial charge >= 0.3 is 7.12 Å². The van der Waals surface area contributed by atoms with Crippen LogP contribution in [0.3, 0.4) is 0 Å². The molecule has 3 amide bonds. The summed E-state index contributed by atoms with van der Waals surface area (Å²) in [6, 6.07) is 2.11. The summed E-state index contributed by atoms with van der Waals surface area (Å²) < 4.78 is 13.3. The Hall–Kier alpha value is -2.58. The molecule has 0 spiro atoms. The van der Waals surface area contributed by atoms with Crippen molar-refractivity contribution in [3.63, 3.8) is 0 Å². The number of amides is 3. The minimum absolute atomic E-state index is 0.0354. The minimum atomic E-state index is -1.83. The third-order valence-electron chi connectivity index (χ3n) is 7.11. The fourth-order valence-electron chi connectivity index (χ4n) is 4.91. The molecule has 0 aliphatic heterocycles. The zero-order valence-corrected chi connectivity index (χ0v) is 22.6. The average molecular weight is 550 g/mol. The molecule has 2 atom stereocenters. The molecule has 13 heteroatoms. The molecule has 0 aromatic heterocycles. The van der Waals surface area contributed by atoms with Crippen LogP contribution in [0.5, 0.6) is 0 Å². The topological polar surface area (TPSA) is 197 Å². The smallest absolute Gasteiger partial charge is 0.423 e. The van der Waals surface area contributed by atoms with E-state index in [4.69, 9.17) is 17.2 Å². The van der Waals surface area contributed by atoms with E-state index in [1.165, 1.54) is 29.5 Å². The lowest BCUT2D eigenvalue weighted by Crippen LogP contribution is -2.50. The van der Waals surface area contributed by atoms with Crippen LogP contribution >= 0.6 is 0 Å². The number of carbonyl (C=O) groups excluding carboxylic acids is 3. The summed E-state index contributed by atoms with van der Waals surface area (Å²) in [6.07, 6.45) is 6.87. The van der Waals surface area contributed by atoms with Crippen LogP contribution in [0.2, 0.25) is 0 Å². The number of carbonyl (C=O) groups is 3. The van der Waals surface area contributed by atoms with Gasteiger partial charge in [0.25, 0.3) is 0 Å². The zero-order valence-electron chi connectivity index (χ0n) is 22.6. The Labute approximate surface area is 230 Å². The summed E-state index contributed by atoms with van der Waals surface area (Å²) in [6.45, 7) is 0.456. The van der Waals surface area contributed by atoms with E-state index in [-0.39, 0.29) is 35.5 Å². The normalized spacial score (nSPS) is 15.3. The highest BCUT2D eigenvalue weighted by atomic mass is 19.1. The highest BCUT2D eigenvalue weighted by Crippen LogP contribution is 2.28. The molecule has 39 heavy (non-hydrogen) atoms. The fourth-order valence-corrected chi connectivity index (χ4v) is 4.91. The number of nitrogens with one attached hydrogen (secondary N) is 2. The number of anilines is 1. The second-order valence-corrected chi connectivity index (χ2v) is 10.2. The van der Waals surface area contributed by atoms with Gasteiger partial charge in [0, 0.05) is 38.3 Å². The monoisotopic (exact) mass is 550 g/mol. The van der Waals surface area contributed by atoms with E-state index in [9.17, 15) is 28.8 Å². The average Bonchev–Trinajstić information content (AvgIpc) is 2.93. The second kappa shape index (κ2) is 17.2. The van der Waals surface area contributed by atoms with Crippen LogP contribution in [0.4, 0.5) is 10.1 Å². The van der Waals surface area contributed by atoms with Gasteiger partial charge < -0.3 is 42.8 Å². The lowest BCUT2D eigenvalue weighted by molar-refractivity contribution is -0.132. The Balaban J connectivity index is 2.08. The first kappa shape index (κ1) is 32.6. The van der Waals surface area contributed by atoms with Crippen molar-refractivity contribution in [3.05, 3.63) is 23.8 Å². The van der Waals surface area contributed by atoms with Gasteiger partial charge in [-0.2, -0.15) is 0 Å². The summed E-state index contributed by atoms with van der Waals surface area (Å²) in [5.74, 6) is -0.816. The number of nitrogens with zero attached hydrogens (tertiary/aromatic N) is 1. The SMILES string of the molecule is NCCN(CCN)C(=O)CC[C@H](N)C(=O)N[C@H](CCC1CCCCC1)C(=O)Nc1cc(CF)cc(B(O)O)c1. The van der Waals surface area contributed by atoms with E-state index in [1.807, 2.05) is 0 Å². The fraction of sp³-hybridized carbons (Fsp3) is 0.654. The Morgan fingerprint density at radius 3 is 2.28 bits per heavy atom. The van der Waals surface area contributed by atoms with Gasteiger partial charge in [0.05, 0.1) is 6.04 Å². The number of halogens is 1. The molecule has 218 valence electrons. The van der Waals surface area contributed by atoms with E-state index in [2.05, 4.69) is 10.6 Å². The van der Waals surface area contributed by atoms with Gasteiger partial charge in [0.1, 0.15) is 12.7 Å². The number of nitrogens with two attached hydrogens (primary N) is 3. The summed E-state index contributed by atoms with van der Waals surface area (Å²) in [5, 5.41) is 24.4.